The molecule has 1 fully saturated rings. The molecule has 1 unspecified atom stereocenters. The summed E-state index contributed by atoms with van der Waals surface area (Å²) in [6.07, 6.45) is 3.84. The van der Waals surface area contributed by atoms with Crippen molar-refractivity contribution in [1.82, 2.24) is 9.88 Å². The number of hydrogen-bond donors (Lipinski definition) is 1. The first-order valence-electron chi connectivity index (χ1n) is 8.01. The molecule has 1 aliphatic heterocycles. The van der Waals surface area contributed by atoms with Crippen molar-refractivity contribution in [2.24, 2.45) is 5.92 Å². The second kappa shape index (κ2) is 7.41. The van der Waals surface area contributed by atoms with E-state index in [1.807, 2.05) is 4.90 Å². The number of nitrogens with one attached hydrogen (secondary N) is 1. The number of nitrogens with zero attached hydrogens (tertiary/aromatic N) is 2. The van der Waals surface area contributed by atoms with Gasteiger partial charge >= 0.3 is 0 Å². The highest BCUT2D eigenvalue weighted by molar-refractivity contribution is 6.39. The number of carbonyl (C=O) groups excluding carboxylic acids is 1. The fraction of sp³-hybridized carbons (Fsp3) is 0.333. The summed E-state index contributed by atoms with van der Waals surface area (Å²) < 4.78 is 0. The van der Waals surface area contributed by atoms with Gasteiger partial charge < -0.3 is 10.2 Å². The third-order valence-corrected chi connectivity index (χ3v) is 4.80. The Balaban J connectivity index is 1.72. The third kappa shape index (κ3) is 3.82. The maximum atomic E-state index is 12.5. The van der Waals surface area contributed by atoms with Crippen LogP contribution in [0.25, 0.3) is 0 Å². The Morgan fingerprint density at radius 3 is 2.62 bits per heavy atom. The van der Waals surface area contributed by atoms with E-state index in [1.165, 1.54) is 6.42 Å². The molecular formula is C18H19Cl2N3O. The molecule has 1 aromatic carbocycles. The van der Waals surface area contributed by atoms with Gasteiger partial charge in [-0.15, -0.1) is 0 Å². The standard InChI is InChI=1S/C18H19Cl2N3O/c1-12-4-3-9-23(11-12)18(24)13-7-8-16(21-10-13)22-17-14(19)5-2-6-15(17)20/h2,5-8,10,12H,3-4,9,11H2,1H3,(H,21,22). The van der Waals surface area contributed by atoms with E-state index in [9.17, 15) is 4.79 Å². The molecule has 3 rings (SSSR count). The molecule has 1 saturated heterocycles. The first-order chi connectivity index (χ1) is 11.5. The molecule has 24 heavy (non-hydrogen) atoms. The SMILES string of the molecule is CC1CCCN(C(=O)c2ccc(Nc3c(Cl)cccc3Cl)nc2)C1. The molecular weight excluding hydrogens is 345 g/mol. The van der Waals surface area contributed by atoms with Gasteiger partial charge in [0.2, 0.25) is 0 Å². The molecule has 1 atom stereocenters. The lowest BCUT2D eigenvalue weighted by Crippen LogP contribution is -2.39. The first-order valence-corrected chi connectivity index (χ1v) is 8.76. The van der Waals surface area contributed by atoms with E-state index in [0.717, 1.165) is 19.5 Å². The normalized spacial score (nSPS) is 17.6. The Morgan fingerprint density at radius 2 is 2.00 bits per heavy atom. The van der Waals surface area contributed by atoms with Gasteiger partial charge in [0.05, 0.1) is 21.3 Å². The van der Waals surface area contributed by atoms with Crippen molar-refractivity contribution in [3.05, 3.63) is 52.1 Å². The number of benzene rings is 1. The van der Waals surface area contributed by atoms with Crippen LogP contribution >= 0.6 is 23.2 Å². The number of carbonyl (C=O) groups is 1. The second-order valence-electron chi connectivity index (χ2n) is 6.15. The number of hydrogen-bond acceptors (Lipinski definition) is 3. The average Bonchev–Trinajstić information content (AvgIpc) is 2.58. The number of likely N-dealkylation sites (tertiary alicyclic amines) is 1. The highest BCUT2D eigenvalue weighted by Gasteiger charge is 2.22. The van der Waals surface area contributed by atoms with Crippen molar-refractivity contribution in [3.63, 3.8) is 0 Å². The molecule has 0 saturated carbocycles. The van der Waals surface area contributed by atoms with E-state index in [4.69, 9.17) is 23.2 Å². The number of para-hydroxylation sites is 1. The third-order valence-electron chi connectivity index (χ3n) is 4.17. The fourth-order valence-corrected chi connectivity index (χ4v) is 3.39. The zero-order valence-electron chi connectivity index (χ0n) is 13.4. The molecule has 0 radical (unpaired) electrons. The zero-order valence-corrected chi connectivity index (χ0v) is 14.9. The maximum Gasteiger partial charge on any atom is 0.255 e. The quantitative estimate of drug-likeness (QED) is 0.833. The van der Waals surface area contributed by atoms with Crippen molar-refractivity contribution >= 4 is 40.6 Å². The highest BCUT2D eigenvalue weighted by Crippen LogP contribution is 2.32. The van der Waals surface area contributed by atoms with Crippen LogP contribution in [0.15, 0.2) is 36.5 Å². The fourth-order valence-electron chi connectivity index (χ4n) is 2.90. The van der Waals surface area contributed by atoms with Crippen molar-refractivity contribution in [1.29, 1.82) is 0 Å². The van der Waals surface area contributed by atoms with E-state index in [2.05, 4.69) is 17.2 Å². The van der Waals surface area contributed by atoms with Crippen molar-refractivity contribution in [2.45, 2.75) is 19.8 Å². The Labute approximate surface area is 151 Å². The van der Waals surface area contributed by atoms with Gasteiger partial charge in [-0.1, -0.05) is 36.2 Å². The summed E-state index contributed by atoms with van der Waals surface area (Å²) in [4.78, 5) is 18.8. The smallest absolute Gasteiger partial charge is 0.255 e. The number of halogens is 2. The van der Waals surface area contributed by atoms with E-state index in [-0.39, 0.29) is 5.91 Å². The summed E-state index contributed by atoms with van der Waals surface area (Å²) in [6, 6.07) is 8.84. The van der Waals surface area contributed by atoms with Gasteiger partial charge in [-0.25, -0.2) is 4.98 Å². The van der Waals surface area contributed by atoms with Crippen LogP contribution in [0.2, 0.25) is 10.0 Å². The molecule has 1 N–H and O–H groups in total. The van der Waals surface area contributed by atoms with Crippen LogP contribution in [0, 0.1) is 5.92 Å². The molecule has 1 aromatic heterocycles. The van der Waals surface area contributed by atoms with Crippen LogP contribution < -0.4 is 5.32 Å². The molecule has 1 amide bonds. The monoisotopic (exact) mass is 363 g/mol. The second-order valence-corrected chi connectivity index (χ2v) is 6.97. The molecule has 6 heteroatoms. The number of aromatic nitrogens is 1. The molecule has 0 spiro atoms. The van der Waals surface area contributed by atoms with Crippen LogP contribution in [-0.2, 0) is 0 Å². The Hall–Kier alpha value is -1.78. The van der Waals surface area contributed by atoms with Gasteiger partial charge in [-0.2, -0.15) is 0 Å². The minimum absolute atomic E-state index is 0.0383. The van der Waals surface area contributed by atoms with Gasteiger partial charge in [0.15, 0.2) is 0 Å². The summed E-state index contributed by atoms with van der Waals surface area (Å²) in [5.74, 6) is 1.18. The van der Waals surface area contributed by atoms with Crippen LogP contribution in [0.3, 0.4) is 0 Å². The lowest BCUT2D eigenvalue weighted by Gasteiger charge is -2.30. The highest BCUT2D eigenvalue weighted by atomic mass is 35.5. The molecule has 126 valence electrons. The van der Waals surface area contributed by atoms with Crippen LogP contribution in [-0.4, -0.2) is 28.9 Å². The summed E-state index contributed by atoms with van der Waals surface area (Å²) >= 11 is 12.3. The number of rotatable bonds is 3. The van der Waals surface area contributed by atoms with Gasteiger partial charge in [-0.3, -0.25) is 4.79 Å². The zero-order chi connectivity index (χ0) is 17.1. The molecule has 1 aliphatic rings. The van der Waals surface area contributed by atoms with Crippen molar-refractivity contribution in [2.75, 3.05) is 18.4 Å². The van der Waals surface area contributed by atoms with Crippen LogP contribution in [0.4, 0.5) is 11.5 Å². The van der Waals surface area contributed by atoms with E-state index in [0.29, 0.717) is 33.0 Å². The predicted octanol–water partition coefficient (Wildman–Crippen LogP) is 5.00. The van der Waals surface area contributed by atoms with E-state index in [1.54, 1.807) is 36.5 Å². The van der Waals surface area contributed by atoms with Gasteiger partial charge in [0.1, 0.15) is 5.82 Å². The molecule has 2 heterocycles. The Morgan fingerprint density at radius 1 is 1.25 bits per heavy atom. The minimum atomic E-state index is 0.0383. The molecule has 0 aliphatic carbocycles. The average molecular weight is 364 g/mol. The lowest BCUT2D eigenvalue weighted by atomic mass is 10.00. The van der Waals surface area contributed by atoms with Crippen LogP contribution in [0.5, 0.6) is 0 Å². The maximum absolute atomic E-state index is 12.5. The van der Waals surface area contributed by atoms with Gasteiger partial charge in [-0.05, 0) is 43.0 Å². The number of pyridine rings is 1. The summed E-state index contributed by atoms with van der Waals surface area (Å²) in [7, 11) is 0. The predicted molar refractivity (Wildman–Crippen MR) is 98.3 cm³/mol. The Bertz CT molecular complexity index is 713. The molecule has 2 aromatic rings. The van der Waals surface area contributed by atoms with Gasteiger partial charge in [0, 0.05) is 19.3 Å². The van der Waals surface area contributed by atoms with E-state index >= 15 is 0 Å². The Kier molecular flexibility index (Phi) is 5.27. The van der Waals surface area contributed by atoms with E-state index < -0.39 is 0 Å². The topological polar surface area (TPSA) is 45.2 Å². The summed E-state index contributed by atoms with van der Waals surface area (Å²) in [6.45, 7) is 3.81. The van der Waals surface area contributed by atoms with Crippen LogP contribution in [0.1, 0.15) is 30.1 Å². The summed E-state index contributed by atoms with van der Waals surface area (Å²) in [5.41, 5.74) is 1.21. The lowest BCUT2D eigenvalue weighted by molar-refractivity contribution is 0.0682. The van der Waals surface area contributed by atoms with Gasteiger partial charge in [0.25, 0.3) is 5.91 Å². The number of anilines is 2. The largest absolute Gasteiger partial charge is 0.338 e. The number of piperidine rings is 1. The van der Waals surface area contributed by atoms with Crippen molar-refractivity contribution < 1.29 is 4.79 Å². The minimum Gasteiger partial charge on any atom is -0.338 e. The summed E-state index contributed by atoms with van der Waals surface area (Å²) in [5, 5.41) is 4.13. The molecule has 4 nitrogen and oxygen atoms in total. The first kappa shape index (κ1) is 17.1. The molecule has 0 bridgehead atoms. The number of amides is 1. The van der Waals surface area contributed by atoms with Crippen molar-refractivity contribution in [3.8, 4) is 0 Å².